The van der Waals surface area contributed by atoms with Crippen LogP contribution >= 0.6 is 0 Å². The van der Waals surface area contributed by atoms with Gasteiger partial charge in [-0.25, -0.2) is 0 Å². The van der Waals surface area contributed by atoms with Crippen molar-refractivity contribution in [3.8, 4) is 11.5 Å². The minimum Gasteiger partial charge on any atom is -0.495 e. The number of ether oxygens (including phenoxy) is 2. The second kappa shape index (κ2) is 8.69. The summed E-state index contributed by atoms with van der Waals surface area (Å²) in [6, 6.07) is 7.73. The minimum atomic E-state index is -0.535. The normalized spacial score (nSPS) is 11.4. The molecule has 0 fully saturated rings. The van der Waals surface area contributed by atoms with E-state index in [4.69, 9.17) is 13.9 Å². The number of nitro benzene ring substituents is 1. The fraction of sp³-hybridized carbons (Fsp3) is 0.227. The van der Waals surface area contributed by atoms with Crippen LogP contribution in [0, 0.1) is 17.0 Å². The van der Waals surface area contributed by atoms with Gasteiger partial charge in [-0.05, 0) is 44.0 Å². The third kappa shape index (κ3) is 4.27. The van der Waals surface area contributed by atoms with Crippen LogP contribution in [0.25, 0.3) is 16.5 Å². The first-order chi connectivity index (χ1) is 14.3. The summed E-state index contributed by atoms with van der Waals surface area (Å²) in [7, 11) is 1.43. The maximum atomic E-state index is 12.6. The average Bonchev–Trinajstić information content (AvgIpc) is 3.07. The van der Waals surface area contributed by atoms with E-state index < -0.39 is 10.8 Å². The van der Waals surface area contributed by atoms with Crippen LogP contribution in [0.2, 0.25) is 0 Å². The van der Waals surface area contributed by atoms with E-state index in [9.17, 15) is 14.9 Å². The molecule has 1 N–H and O–H groups in total. The number of anilines is 1. The molecular formula is C22H22N2O6. The smallest absolute Gasteiger partial charge is 0.271 e. The maximum absolute atomic E-state index is 12.6. The highest BCUT2D eigenvalue weighted by Gasteiger charge is 2.15. The number of non-ortho nitro benzene ring substituents is 1. The highest BCUT2D eigenvalue weighted by molar-refractivity contribution is 6.05. The van der Waals surface area contributed by atoms with E-state index in [-0.39, 0.29) is 11.4 Å². The van der Waals surface area contributed by atoms with E-state index in [1.54, 1.807) is 19.3 Å². The van der Waals surface area contributed by atoms with Crippen LogP contribution in [0.4, 0.5) is 11.4 Å². The number of fused-ring (bicyclic) bond motifs is 1. The molecule has 0 radical (unpaired) electrons. The SMILES string of the molecule is CCOc1cc2occ(C)c2cc1/C(C)=C/C(=O)Nc1cc([N+](=O)[O-])ccc1OC. The summed E-state index contributed by atoms with van der Waals surface area (Å²) in [5.74, 6) is 0.483. The van der Waals surface area contributed by atoms with E-state index in [0.29, 0.717) is 29.3 Å². The van der Waals surface area contributed by atoms with Crippen LogP contribution < -0.4 is 14.8 Å². The number of nitro groups is 1. The molecule has 0 atom stereocenters. The molecule has 0 unspecified atom stereocenters. The van der Waals surface area contributed by atoms with Crippen molar-refractivity contribution in [1.29, 1.82) is 0 Å². The zero-order valence-electron chi connectivity index (χ0n) is 17.1. The Labute approximate surface area is 173 Å². The summed E-state index contributed by atoms with van der Waals surface area (Å²) in [6.07, 6.45) is 3.09. The molecule has 0 aliphatic rings. The summed E-state index contributed by atoms with van der Waals surface area (Å²) >= 11 is 0. The van der Waals surface area contributed by atoms with Gasteiger partial charge in [0.05, 0.1) is 30.6 Å². The van der Waals surface area contributed by atoms with Crippen molar-refractivity contribution in [1.82, 2.24) is 0 Å². The summed E-state index contributed by atoms with van der Waals surface area (Å²) < 4.78 is 16.5. The van der Waals surface area contributed by atoms with Crippen molar-refractivity contribution in [3.63, 3.8) is 0 Å². The quantitative estimate of drug-likeness (QED) is 0.330. The van der Waals surface area contributed by atoms with Gasteiger partial charge in [-0.3, -0.25) is 14.9 Å². The van der Waals surface area contributed by atoms with Gasteiger partial charge in [0.15, 0.2) is 0 Å². The van der Waals surface area contributed by atoms with Crippen LogP contribution in [0.1, 0.15) is 25.0 Å². The Kier molecular flexibility index (Phi) is 6.06. The Morgan fingerprint density at radius 2 is 2.03 bits per heavy atom. The van der Waals surface area contributed by atoms with Gasteiger partial charge in [-0.1, -0.05) is 0 Å². The number of amides is 1. The number of carbonyl (C=O) groups is 1. The summed E-state index contributed by atoms with van der Waals surface area (Å²) in [6.45, 7) is 6.07. The van der Waals surface area contributed by atoms with Crippen LogP contribution in [-0.4, -0.2) is 24.5 Å². The number of hydrogen-bond acceptors (Lipinski definition) is 6. The lowest BCUT2D eigenvalue weighted by atomic mass is 10.0. The molecule has 0 saturated carbocycles. The van der Waals surface area contributed by atoms with Crippen molar-refractivity contribution in [2.24, 2.45) is 0 Å². The molecule has 0 aliphatic heterocycles. The van der Waals surface area contributed by atoms with Crippen LogP contribution in [-0.2, 0) is 4.79 Å². The Morgan fingerprint density at radius 1 is 1.27 bits per heavy atom. The lowest BCUT2D eigenvalue weighted by Gasteiger charge is -2.12. The Morgan fingerprint density at radius 3 is 2.70 bits per heavy atom. The zero-order valence-corrected chi connectivity index (χ0v) is 17.1. The van der Waals surface area contributed by atoms with Crippen LogP contribution in [0.3, 0.4) is 0 Å². The van der Waals surface area contributed by atoms with E-state index in [1.807, 2.05) is 19.9 Å². The van der Waals surface area contributed by atoms with Crippen molar-refractivity contribution in [3.05, 3.63) is 63.9 Å². The molecule has 1 aromatic heterocycles. The fourth-order valence-corrected chi connectivity index (χ4v) is 3.12. The van der Waals surface area contributed by atoms with Gasteiger partial charge >= 0.3 is 0 Å². The highest BCUT2D eigenvalue weighted by atomic mass is 16.6. The van der Waals surface area contributed by atoms with Crippen molar-refractivity contribution >= 4 is 33.8 Å². The van der Waals surface area contributed by atoms with Crippen molar-refractivity contribution in [2.45, 2.75) is 20.8 Å². The summed E-state index contributed by atoms with van der Waals surface area (Å²) in [4.78, 5) is 23.1. The first-order valence-electron chi connectivity index (χ1n) is 9.30. The van der Waals surface area contributed by atoms with Gasteiger partial charge in [-0.15, -0.1) is 0 Å². The molecule has 30 heavy (non-hydrogen) atoms. The lowest BCUT2D eigenvalue weighted by molar-refractivity contribution is -0.384. The predicted molar refractivity (Wildman–Crippen MR) is 114 cm³/mol. The molecule has 3 rings (SSSR count). The number of carbonyl (C=O) groups excluding carboxylic acids is 1. The number of hydrogen-bond donors (Lipinski definition) is 1. The number of allylic oxidation sites excluding steroid dienone is 1. The third-order valence-corrected chi connectivity index (χ3v) is 4.59. The number of rotatable bonds is 7. The van der Waals surface area contributed by atoms with Crippen LogP contribution in [0.15, 0.2) is 47.1 Å². The molecule has 1 heterocycles. The molecule has 8 nitrogen and oxygen atoms in total. The van der Waals surface area contributed by atoms with Gasteiger partial charge < -0.3 is 19.2 Å². The van der Waals surface area contributed by atoms with E-state index in [1.165, 1.54) is 31.4 Å². The molecule has 3 aromatic rings. The highest BCUT2D eigenvalue weighted by Crippen LogP contribution is 2.34. The molecule has 156 valence electrons. The molecule has 0 saturated heterocycles. The molecule has 0 aliphatic carbocycles. The number of nitrogens with one attached hydrogen (secondary N) is 1. The number of furan rings is 1. The van der Waals surface area contributed by atoms with Crippen LogP contribution in [0.5, 0.6) is 11.5 Å². The second-order valence-corrected chi connectivity index (χ2v) is 6.65. The van der Waals surface area contributed by atoms with Gasteiger partial charge in [0, 0.05) is 35.2 Å². The van der Waals surface area contributed by atoms with Crippen molar-refractivity contribution in [2.75, 3.05) is 19.0 Å². The Bertz CT molecular complexity index is 1150. The topological polar surface area (TPSA) is 104 Å². The largest absolute Gasteiger partial charge is 0.495 e. The second-order valence-electron chi connectivity index (χ2n) is 6.65. The van der Waals surface area contributed by atoms with Crippen molar-refractivity contribution < 1.29 is 23.6 Å². The predicted octanol–water partition coefficient (Wildman–Crippen LogP) is 5.10. The zero-order chi connectivity index (χ0) is 21.8. The Hall–Kier alpha value is -3.81. The number of aryl methyl sites for hydroxylation is 1. The number of methoxy groups -OCH3 is 1. The first-order valence-corrected chi connectivity index (χ1v) is 9.30. The monoisotopic (exact) mass is 410 g/mol. The summed E-state index contributed by atoms with van der Waals surface area (Å²) in [5, 5.41) is 14.6. The van der Waals surface area contributed by atoms with Gasteiger partial charge in [0.1, 0.15) is 17.1 Å². The van der Waals surface area contributed by atoms with Gasteiger partial charge in [0.25, 0.3) is 5.69 Å². The number of nitrogens with zero attached hydrogens (tertiary/aromatic N) is 1. The van der Waals surface area contributed by atoms with E-state index in [0.717, 1.165) is 16.5 Å². The summed E-state index contributed by atoms with van der Waals surface area (Å²) in [5.41, 5.74) is 3.18. The first kappa shape index (κ1) is 20.9. The molecule has 8 heteroatoms. The molecule has 0 spiro atoms. The van der Waals surface area contributed by atoms with Gasteiger partial charge in [0.2, 0.25) is 5.91 Å². The molecule has 1 amide bonds. The molecule has 0 bridgehead atoms. The molecule has 2 aromatic carbocycles. The average molecular weight is 410 g/mol. The van der Waals surface area contributed by atoms with E-state index >= 15 is 0 Å². The minimum absolute atomic E-state index is 0.147. The lowest BCUT2D eigenvalue weighted by Crippen LogP contribution is -2.10. The number of benzene rings is 2. The Balaban J connectivity index is 1.94. The van der Waals surface area contributed by atoms with E-state index in [2.05, 4.69) is 5.32 Å². The third-order valence-electron chi connectivity index (χ3n) is 4.59. The van der Waals surface area contributed by atoms with Gasteiger partial charge in [-0.2, -0.15) is 0 Å². The standard InChI is InChI=1S/C22H22N2O6/c1-5-29-20-11-21-17(14(3)12-30-21)10-16(20)13(2)8-22(25)23-18-9-15(24(26)27)6-7-19(18)28-4/h6-12H,5H2,1-4H3,(H,23,25)/b13-8+. The fourth-order valence-electron chi connectivity index (χ4n) is 3.12. The maximum Gasteiger partial charge on any atom is 0.271 e. The molecular weight excluding hydrogens is 388 g/mol.